The molecule has 128 valence electrons. The maximum atomic E-state index is 12.6. The number of nitrogens with zero attached hydrogens (tertiary/aromatic N) is 5. The average Bonchev–Trinajstić information content (AvgIpc) is 3.06. The van der Waals surface area contributed by atoms with Crippen LogP contribution in [0.1, 0.15) is 35.6 Å². The lowest BCUT2D eigenvalue weighted by Gasteiger charge is -2.30. The highest BCUT2D eigenvalue weighted by Gasteiger charge is 2.27. The predicted octanol–water partition coefficient (Wildman–Crippen LogP) is 2.02. The highest BCUT2D eigenvalue weighted by molar-refractivity contribution is 7.07. The molecule has 0 saturated heterocycles. The summed E-state index contributed by atoms with van der Waals surface area (Å²) in [5.41, 5.74) is 4.22. The molecule has 0 radical (unpaired) electrons. The number of rotatable bonds is 4. The molecule has 1 aliphatic rings. The van der Waals surface area contributed by atoms with Crippen LogP contribution in [0, 0.1) is 0 Å². The minimum absolute atomic E-state index is 0.0315. The smallest absolute Gasteiger partial charge is 0.273 e. The van der Waals surface area contributed by atoms with Gasteiger partial charge in [0.25, 0.3) is 5.91 Å². The molecule has 0 spiro atoms. The van der Waals surface area contributed by atoms with E-state index in [2.05, 4.69) is 34.1 Å². The van der Waals surface area contributed by atoms with Crippen LogP contribution in [0.4, 0.5) is 11.8 Å². The Morgan fingerprint density at radius 3 is 2.79 bits per heavy atom. The van der Waals surface area contributed by atoms with Gasteiger partial charge < -0.3 is 15.1 Å². The largest absolute Gasteiger partial charge is 0.362 e. The average molecular weight is 346 g/mol. The molecule has 1 amide bonds. The number of fused-ring (bicyclic) bond motifs is 1. The van der Waals surface area contributed by atoms with Crippen LogP contribution in [0.3, 0.4) is 0 Å². The number of thiazole rings is 1. The molecule has 0 aliphatic carbocycles. The summed E-state index contributed by atoms with van der Waals surface area (Å²) < 4.78 is 0. The van der Waals surface area contributed by atoms with Crippen molar-refractivity contribution >= 4 is 29.0 Å². The molecule has 0 bridgehead atoms. The molecule has 0 fully saturated rings. The van der Waals surface area contributed by atoms with Crippen LogP contribution < -0.4 is 10.2 Å². The van der Waals surface area contributed by atoms with Gasteiger partial charge in [-0.2, -0.15) is 4.98 Å². The van der Waals surface area contributed by atoms with Gasteiger partial charge in [-0.05, 0) is 13.8 Å². The van der Waals surface area contributed by atoms with Crippen molar-refractivity contribution in [1.29, 1.82) is 0 Å². The first-order valence-corrected chi connectivity index (χ1v) is 8.91. The molecule has 1 aliphatic heterocycles. The number of carbonyl (C=O) groups excluding carboxylic acids is 1. The molecule has 2 aromatic rings. The zero-order valence-electron chi connectivity index (χ0n) is 14.4. The van der Waals surface area contributed by atoms with Gasteiger partial charge in [0.05, 0.1) is 17.7 Å². The molecule has 0 aromatic carbocycles. The Hall–Kier alpha value is -2.22. The Labute approximate surface area is 145 Å². The molecule has 0 unspecified atom stereocenters. The summed E-state index contributed by atoms with van der Waals surface area (Å²) in [4.78, 5) is 29.8. The van der Waals surface area contributed by atoms with Crippen LogP contribution in [0.25, 0.3) is 0 Å². The summed E-state index contributed by atoms with van der Waals surface area (Å²) in [5, 5.41) is 5.06. The van der Waals surface area contributed by atoms with Crippen LogP contribution in [-0.2, 0) is 13.0 Å². The van der Waals surface area contributed by atoms with Crippen molar-refractivity contribution in [2.24, 2.45) is 0 Å². The van der Waals surface area contributed by atoms with Gasteiger partial charge in [-0.1, -0.05) is 0 Å². The number of nitrogens with one attached hydrogen (secondary N) is 1. The summed E-state index contributed by atoms with van der Waals surface area (Å²) in [6.45, 7) is 5.29. The molecule has 3 rings (SSSR count). The van der Waals surface area contributed by atoms with Crippen molar-refractivity contribution in [2.45, 2.75) is 32.9 Å². The first kappa shape index (κ1) is 16.6. The summed E-state index contributed by atoms with van der Waals surface area (Å²) in [7, 11) is 3.92. The quantitative estimate of drug-likeness (QED) is 0.913. The van der Waals surface area contributed by atoms with Crippen LogP contribution in [0.2, 0.25) is 0 Å². The van der Waals surface area contributed by atoms with Crippen LogP contribution in [0.5, 0.6) is 0 Å². The minimum atomic E-state index is -0.0315. The van der Waals surface area contributed by atoms with Crippen molar-refractivity contribution in [2.75, 3.05) is 30.9 Å². The highest BCUT2D eigenvalue weighted by atomic mass is 32.1. The number of hydrogen-bond acceptors (Lipinski definition) is 7. The molecule has 2 aromatic heterocycles. The zero-order valence-corrected chi connectivity index (χ0v) is 15.2. The second-order valence-corrected chi connectivity index (χ2v) is 7.06. The van der Waals surface area contributed by atoms with Crippen LogP contribution in [-0.4, -0.2) is 52.4 Å². The van der Waals surface area contributed by atoms with E-state index in [-0.39, 0.29) is 11.9 Å². The van der Waals surface area contributed by atoms with Gasteiger partial charge in [-0.3, -0.25) is 4.79 Å². The van der Waals surface area contributed by atoms with E-state index in [1.165, 1.54) is 11.3 Å². The molecule has 0 atom stereocenters. The van der Waals surface area contributed by atoms with Gasteiger partial charge in [0.15, 0.2) is 0 Å². The maximum Gasteiger partial charge on any atom is 0.273 e. The Bertz CT molecular complexity index is 728. The van der Waals surface area contributed by atoms with E-state index in [1.807, 2.05) is 23.9 Å². The summed E-state index contributed by atoms with van der Waals surface area (Å²) >= 11 is 1.43. The number of aromatic nitrogens is 3. The molecule has 0 saturated carbocycles. The third-order valence-electron chi connectivity index (χ3n) is 3.82. The topological polar surface area (TPSA) is 74.2 Å². The van der Waals surface area contributed by atoms with E-state index >= 15 is 0 Å². The molecule has 1 N–H and O–H groups in total. The summed E-state index contributed by atoms with van der Waals surface area (Å²) in [6.07, 6.45) is 0.724. The minimum Gasteiger partial charge on any atom is -0.362 e. The second kappa shape index (κ2) is 6.72. The van der Waals surface area contributed by atoms with Crippen LogP contribution >= 0.6 is 11.3 Å². The van der Waals surface area contributed by atoms with Crippen molar-refractivity contribution in [3.63, 3.8) is 0 Å². The van der Waals surface area contributed by atoms with Crippen molar-refractivity contribution in [3.05, 3.63) is 27.8 Å². The lowest BCUT2D eigenvalue weighted by atomic mass is 10.1. The number of amides is 1. The third-order valence-corrected chi connectivity index (χ3v) is 4.40. The molecular weight excluding hydrogens is 324 g/mol. The Balaban J connectivity index is 1.91. The number of carbonyl (C=O) groups is 1. The van der Waals surface area contributed by atoms with E-state index in [4.69, 9.17) is 0 Å². The van der Waals surface area contributed by atoms with Crippen LogP contribution in [0.15, 0.2) is 10.9 Å². The summed E-state index contributed by atoms with van der Waals surface area (Å²) in [5.74, 6) is 1.47. The van der Waals surface area contributed by atoms with Gasteiger partial charge in [0.1, 0.15) is 11.5 Å². The van der Waals surface area contributed by atoms with Gasteiger partial charge >= 0.3 is 0 Å². The first-order chi connectivity index (χ1) is 11.5. The molecule has 24 heavy (non-hydrogen) atoms. The van der Waals surface area contributed by atoms with Gasteiger partial charge in [-0.25, -0.2) is 9.97 Å². The van der Waals surface area contributed by atoms with E-state index < -0.39 is 0 Å². The Morgan fingerprint density at radius 2 is 2.17 bits per heavy atom. The Kier molecular flexibility index (Phi) is 4.66. The molecule has 7 nitrogen and oxygen atoms in total. The lowest BCUT2D eigenvalue weighted by Crippen LogP contribution is -2.37. The van der Waals surface area contributed by atoms with E-state index in [0.717, 1.165) is 23.5 Å². The van der Waals surface area contributed by atoms with Gasteiger partial charge in [-0.15, -0.1) is 11.3 Å². The molecule has 8 heteroatoms. The molecular formula is C16H22N6OS. The van der Waals surface area contributed by atoms with E-state index in [0.29, 0.717) is 24.7 Å². The van der Waals surface area contributed by atoms with Gasteiger partial charge in [0, 0.05) is 44.0 Å². The Morgan fingerprint density at radius 1 is 1.38 bits per heavy atom. The monoisotopic (exact) mass is 346 g/mol. The van der Waals surface area contributed by atoms with E-state index in [1.54, 1.807) is 10.9 Å². The fourth-order valence-corrected chi connectivity index (χ4v) is 3.27. The SMILES string of the molecule is CC(C)Nc1nc2c(c(N(C)C)n1)CN(C(=O)c1cscn1)CC2. The van der Waals surface area contributed by atoms with Crippen molar-refractivity contribution in [1.82, 2.24) is 19.9 Å². The maximum absolute atomic E-state index is 12.6. The second-order valence-electron chi connectivity index (χ2n) is 6.34. The predicted molar refractivity (Wildman–Crippen MR) is 95.7 cm³/mol. The number of anilines is 2. The number of hydrogen-bond donors (Lipinski definition) is 1. The highest BCUT2D eigenvalue weighted by Crippen LogP contribution is 2.27. The van der Waals surface area contributed by atoms with E-state index in [9.17, 15) is 4.79 Å². The standard InChI is InChI=1S/C16H22N6OS/c1-10(2)18-16-19-12-5-6-22(15(23)13-8-24-9-17-13)7-11(12)14(20-16)21(3)4/h8-10H,5-7H2,1-4H3,(H,18,19,20). The summed E-state index contributed by atoms with van der Waals surface area (Å²) in [6, 6.07) is 0.268. The van der Waals surface area contributed by atoms with Gasteiger partial charge in [0.2, 0.25) is 5.95 Å². The third kappa shape index (κ3) is 3.33. The fourth-order valence-electron chi connectivity index (χ4n) is 2.74. The zero-order chi connectivity index (χ0) is 17.3. The fraction of sp³-hybridized carbons (Fsp3) is 0.500. The first-order valence-electron chi connectivity index (χ1n) is 7.97. The normalized spacial score (nSPS) is 13.8. The lowest BCUT2D eigenvalue weighted by molar-refractivity contribution is 0.0728. The van der Waals surface area contributed by atoms with Crippen molar-refractivity contribution < 1.29 is 4.79 Å². The van der Waals surface area contributed by atoms with Crippen molar-refractivity contribution in [3.8, 4) is 0 Å². The molecule has 3 heterocycles.